The molecule has 1 aliphatic carbocycles. The first-order valence-corrected chi connectivity index (χ1v) is 9.24. The highest BCUT2D eigenvalue weighted by atomic mass is 16.5. The van der Waals surface area contributed by atoms with Crippen molar-refractivity contribution in [2.24, 2.45) is 11.3 Å². The van der Waals surface area contributed by atoms with Crippen LogP contribution in [0.25, 0.3) is 0 Å². The monoisotopic (exact) mass is 334 g/mol. The number of hydrogen-bond donors (Lipinski definition) is 0. The van der Waals surface area contributed by atoms with Crippen molar-refractivity contribution in [1.82, 2.24) is 9.80 Å². The van der Waals surface area contributed by atoms with Gasteiger partial charge in [-0.1, -0.05) is 11.6 Å². The summed E-state index contributed by atoms with van der Waals surface area (Å²) >= 11 is 0. The Morgan fingerprint density at radius 3 is 2.75 bits per heavy atom. The number of piperidine rings is 1. The molecule has 3 aliphatic rings. The van der Waals surface area contributed by atoms with Crippen LogP contribution < -0.4 is 0 Å². The highest BCUT2D eigenvalue weighted by molar-refractivity contribution is 5.79. The maximum absolute atomic E-state index is 12.7. The first-order valence-electron chi connectivity index (χ1n) is 9.24. The molecule has 0 radical (unpaired) electrons. The summed E-state index contributed by atoms with van der Waals surface area (Å²) in [7, 11) is 1.73. The number of carbonyl (C=O) groups excluding carboxylic acids is 2. The van der Waals surface area contributed by atoms with Gasteiger partial charge in [0, 0.05) is 58.0 Å². The highest BCUT2D eigenvalue weighted by Gasteiger charge is 2.50. The summed E-state index contributed by atoms with van der Waals surface area (Å²) in [6, 6.07) is 0. The third-order valence-corrected chi connectivity index (χ3v) is 6.13. The lowest BCUT2D eigenvalue weighted by atomic mass is 9.73. The lowest BCUT2D eigenvalue weighted by Crippen LogP contribution is -2.50. The zero-order valence-electron chi connectivity index (χ0n) is 15.1. The summed E-state index contributed by atoms with van der Waals surface area (Å²) in [4.78, 5) is 28.5. The molecular weight excluding hydrogens is 304 g/mol. The molecule has 0 spiro atoms. The van der Waals surface area contributed by atoms with E-state index in [0.717, 1.165) is 45.4 Å². The quantitative estimate of drug-likeness (QED) is 0.741. The van der Waals surface area contributed by atoms with E-state index in [0.29, 0.717) is 18.9 Å². The van der Waals surface area contributed by atoms with Crippen molar-refractivity contribution in [3.63, 3.8) is 0 Å². The fourth-order valence-electron chi connectivity index (χ4n) is 4.64. The van der Waals surface area contributed by atoms with E-state index in [1.165, 1.54) is 18.4 Å². The molecule has 3 rings (SSSR count). The minimum absolute atomic E-state index is 0.0291. The Morgan fingerprint density at radius 2 is 2.08 bits per heavy atom. The van der Waals surface area contributed by atoms with Gasteiger partial charge in [0.1, 0.15) is 0 Å². The maximum Gasteiger partial charge on any atom is 0.226 e. The lowest BCUT2D eigenvalue weighted by Gasteiger charge is -2.43. The van der Waals surface area contributed by atoms with Crippen molar-refractivity contribution in [3.05, 3.63) is 11.6 Å². The summed E-state index contributed by atoms with van der Waals surface area (Å²) in [5.74, 6) is 0.722. The number of ether oxygens (including phenoxy) is 1. The van der Waals surface area contributed by atoms with E-state index >= 15 is 0 Å². The molecule has 134 valence electrons. The first kappa shape index (κ1) is 17.5. The van der Waals surface area contributed by atoms with E-state index in [-0.39, 0.29) is 17.2 Å². The SMILES string of the molecule is COC[C@@]12CCN(C(=O)CC3=CCCCC3)C[C@@H]1CN(C(C)=O)C2. The molecule has 0 aromatic carbocycles. The number of allylic oxidation sites excluding steroid dienone is 1. The summed E-state index contributed by atoms with van der Waals surface area (Å²) in [5.41, 5.74) is 1.35. The van der Waals surface area contributed by atoms with Crippen LogP contribution in [0.15, 0.2) is 11.6 Å². The minimum atomic E-state index is 0.0291. The predicted molar refractivity (Wildman–Crippen MR) is 92.4 cm³/mol. The summed E-state index contributed by atoms with van der Waals surface area (Å²) < 4.78 is 5.48. The number of rotatable bonds is 4. The van der Waals surface area contributed by atoms with Crippen molar-refractivity contribution in [3.8, 4) is 0 Å². The molecule has 0 N–H and O–H groups in total. The van der Waals surface area contributed by atoms with Gasteiger partial charge >= 0.3 is 0 Å². The largest absolute Gasteiger partial charge is 0.384 e. The Hall–Kier alpha value is -1.36. The van der Waals surface area contributed by atoms with E-state index in [1.54, 1.807) is 14.0 Å². The smallest absolute Gasteiger partial charge is 0.226 e. The third kappa shape index (κ3) is 3.51. The van der Waals surface area contributed by atoms with Gasteiger partial charge in [-0.2, -0.15) is 0 Å². The molecule has 2 fully saturated rings. The van der Waals surface area contributed by atoms with Gasteiger partial charge < -0.3 is 14.5 Å². The summed E-state index contributed by atoms with van der Waals surface area (Å²) in [6.07, 6.45) is 8.44. The van der Waals surface area contributed by atoms with E-state index in [4.69, 9.17) is 4.74 Å². The number of amides is 2. The highest BCUT2D eigenvalue weighted by Crippen LogP contribution is 2.43. The van der Waals surface area contributed by atoms with Crippen LogP contribution in [0.2, 0.25) is 0 Å². The second kappa shape index (κ2) is 7.26. The van der Waals surface area contributed by atoms with Gasteiger partial charge in [-0.3, -0.25) is 9.59 Å². The van der Waals surface area contributed by atoms with Gasteiger partial charge in [-0.25, -0.2) is 0 Å². The molecule has 0 bridgehead atoms. The Morgan fingerprint density at radius 1 is 1.29 bits per heavy atom. The molecule has 2 heterocycles. The van der Waals surface area contributed by atoms with Crippen LogP contribution in [0, 0.1) is 11.3 Å². The fraction of sp³-hybridized carbons (Fsp3) is 0.789. The minimum Gasteiger partial charge on any atom is -0.384 e. The standard InChI is InChI=1S/C19H30N2O3/c1-15(22)21-12-17-11-20(9-8-19(17,13-21)14-24-2)18(23)10-16-6-4-3-5-7-16/h6,17H,3-5,7-14H2,1-2H3/t17-,19+/m1/s1. The normalized spacial score (nSPS) is 30.1. The van der Waals surface area contributed by atoms with Gasteiger partial charge in [-0.05, 0) is 32.1 Å². The summed E-state index contributed by atoms with van der Waals surface area (Å²) in [5, 5.41) is 0. The van der Waals surface area contributed by atoms with Gasteiger partial charge in [0.15, 0.2) is 0 Å². The second-order valence-electron chi connectivity index (χ2n) is 7.77. The molecule has 2 amide bonds. The molecule has 0 aromatic rings. The van der Waals surface area contributed by atoms with Gasteiger partial charge in [0.25, 0.3) is 0 Å². The third-order valence-electron chi connectivity index (χ3n) is 6.13. The average Bonchev–Trinajstić information content (AvgIpc) is 2.95. The molecular formula is C19H30N2O3. The number of hydrogen-bond acceptors (Lipinski definition) is 3. The van der Waals surface area contributed by atoms with Crippen LogP contribution in [0.4, 0.5) is 0 Å². The molecule has 0 unspecified atom stereocenters. The van der Waals surface area contributed by atoms with Crippen LogP contribution in [-0.2, 0) is 14.3 Å². The van der Waals surface area contributed by atoms with Gasteiger partial charge in [0.2, 0.25) is 11.8 Å². The van der Waals surface area contributed by atoms with Crippen molar-refractivity contribution in [2.45, 2.75) is 45.4 Å². The number of methoxy groups -OCH3 is 1. The molecule has 5 nitrogen and oxygen atoms in total. The topological polar surface area (TPSA) is 49.9 Å². The van der Waals surface area contributed by atoms with Gasteiger partial charge in [-0.15, -0.1) is 0 Å². The van der Waals surface area contributed by atoms with E-state index < -0.39 is 0 Å². The molecule has 2 saturated heterocycles. The number of fused-ring (bicyclic) bond motifs is 1. The predicted octanol–water partition coefficient (Wildman–Crippen LogP) is 2.22. The zero-order valence-corrected chi connectivity index (χ0v) is 15.1. The molecule has 0 aromatic heterocycles. The number of likely N-dealkylation sites (tertiary alicyclic amines) is 2. The van der Waals surface area contributed by atoms with Crippen LogP contribution in [0.3, 0.4) is 0 Å². The van der Waals surface area contributed by atoms with E-state index in [1.807, 2.05) is 9.80 Å². The Bertz CT molecular complexity index is 531. The van der Waals surface area contributed by atoms with Crippen molar-refractivity contribution in [2.75, 3.05) is 39.9 Å². The Balaban J connectivity index is 1.65. The van der Waals surface area contributed by atoms with E-state index in [2.05, 4.69) is 6.08 Å². The molecule has 2 atom stereocenters. The van der Waals surface area contributed by atoms with Crippen LogP contribution in [0.1, 0.15) is 45.4 Å². The maximum atomic E-state index is 12.7. The lowest BCUT2D eigenvalue weighted by molar-refractivity contribution is -0.135. The Labute approximate surface area is 145 Å². The Kier molecular flexibility index (Phi) is 5.28. The first-order chi connectivity index (χ1) is 11.5. The molecule has 0 saturated carbocycles. The van der Waals surface area contributed by atoms with E-state index in [9.17, 15) is 9.59 Å². The molecule has 24 heavy (non-hydrogen) atoms. The fourth-order valence-corrected chi connectivity index (χ4v) is 4.64. The summed E-state index contributed by atoms with van der Waals surface area (Å²) in [6.45, 7) is 5.39. The zero-order chi connectivity index (χ0) is 17.2. The van der Waals surface area contributed by atoms with Gasteiger partial charge in [0.05, 0.1) is 6.61 Å². The van der Waals surface area contributed by atoms with Crippen LogP contribution in [-0.4, -0.2) is 61.5 Å². The van der Waals surface area contributed by atoms with Crippen molar-refractivity contribution < 1.29 is 14.3 Å². The van der Waals surface area contributed by atoms with Crippen molar-refractivity contribution >= 4 is 11.8 Å². The number of nitrogens with zero attached hydrogens (tertiary/aromatic N) is 2. The van der Waals surface area contributed by atoms with Crippen molar-refractivity contribution in [1.29, 1.82) is 0 Å². The number of carbonyl (C=O) groups is 2. The van der Waals surface area contributed by atoms with Crippen LogP contribution >= 0.6 is 0 Å². The molecule has 5 heteroatoms. The average molecular weight is 334 g/mol. The van der Waals surface area contributed by atoms with Crippen LogP contribution in [0.5, 0.6) is 0 Å². The second-order valence-corrected chi connectivity index (χ2v) is 7.77. The molecule has 2 aliphatic heterocycles.